The maximum atomic E-state index is 12.6. The van der Waals surface area contributed by atoms with Crippen LogP contribution in [0, 0.1) is 0 Å². The number of fused-ring (bicyclic) bond motifs is 1. The van der Waals surface area contributed by atoms with Crippen molar-refractivity contribution in [3.63, 3.8) is 0 Å². The third-order valence-electron chi connectivity index (χ3n) is 5.33. The van der Waals surface area contributed by atoms with Gasteiger partial charge in [0.1, 0.15) is 5.01 Å². The van der Waals surface area contributed by atoms with Gasteiger partial charge in [0.25, 0.3) is 5.91 Å². The van der Waals surface area contributed by atoms with Crippen LogP contribution in [0.3, 0.4) is 0 Å². The summed E-state index contributed by atoms with van der Waals surface area (Å²) < 4.78 is 0. The number of nitrogens with zero attached hydrogens (tertiary/aromatic N) is 2. The summed E-state index contributed by atoms with van der Waals surface area (Å²) in [6, 6.07) is 30.4. The molecular formula is C27H20N4O2S. The molecule has 2 amide bonds. The average Bonchev–Trinajstić information content (AvgIpc) is 3.34. The van der Waals surface area contributed by atoms with Crippen molar-refractivity contribution in [3.8, 4) is 10.6 Å². The van der Waals surface area contributed by atoms with E-state index < -0.39 is 0 Å². The van der Waals surface area contributed by atoms with Crippen molar-refractivity contribution in [2.75, 3.05) is 10.6 Å². The number of benzene rings is 4. The molecule has 2 N–H and O–H groups in total. The van der Waals surface area contributed by atoms with Gasteiger partial charge in [0.2, 0.25) is 11.0 Å². The van der Waals surface area contributed by atoms with Crippen LogP contribution in [0.2, 0.25) is 0 Å². The van der Waals surface area contributed by atoms with E-state index >= 15 is 0 Å². The number of aromatic nitrogens is 2. The molecule has 34 heavy (non-hydrogen) atoms. The molecule has 6 nitrogen and oxygen atoms in total. The predicted octanol–water partition coefficient (Wildman–Crippen LogP) is 5.79. The molecule has 1 aromatic heterocycles. The van der Waals surface area contributed by atoms with E-state index in [2.05, 4.69) is 20.8 Å². The molecule has 0 unspecified atom stereocenters. The topological polar surface area (TPSA) is 84.0 Å². The standard InChI is InChI=1S/C27H20N4O2S/c32-24(17-21-11-6-10-18-7-4-5-12-23(18)21)28-22-15-13-19(14-16-22)25(33)29-27-31-30-26(34-27)20-8-2-1-3-9-20/h1-16H,17H2,(H,28,32)(H,29,31,33). The number of amides is 2. The number of hydrogen-bond donors (Lipinski definition) is 2. The Balaban J connectivity index is 1.21. The Hall–Kier alpha value is -4.36. The lowest BCUT2D eigenvalue weighted by molar-refractivity contribution is -0.115. The summed E-state index contributed by atoms with van der Waals surface area (Å²) >= 11 is 1.31. The van der Waals surface area contributed by atoms with E-state index in [1.165, 1.54) is 11.3 Å². The third kappa shape index (κ3) is 4.84. The first-order valence-corrected chi connectivity index (χ1v) is 11.5. The molecule has 0 aliphatic heterocycles. The number of rotatable bonds is 6. The van der Waals surface area contributed by atoms with Crippen molar-refractivity contribution < 1.29 is 9.59 Å². The second kappa shape index (κ2) is 9.64. The van der Waals surface area contributed by atoms with Gasteiger partial charge in [-0.1, -0.05) is 84.1 Å². The molecule has 166 valence electrons. The SMILES string of the molecule is O=C(Cc1cccc2ccccc12)Nc1ccc(C(=O)Nc2nnc(-c3ccccc3)s2)cc1. The molecular weight excluding hydrogens is 444 g/mol. The van der Waals surface area contributed by atoms with Crippen LogP contribution in [0.25, 0.3) is 21.3 Å². The largest absolute Gasteiger partial charge is 0.326 e. The van der Waals surface area contributed by atoms with Gasteiger partial charge in [0, 0.05) is 16.8 Å². The lowest BCUT2D eigenvalue weighted by atomic mass is 10.0. The zero-order valence-corrected chi connectivity index (χ0v) is 18.9. The van der Waals surface area contributed by atoms with E-state index in [-0.39, 0.29) is 18.2 Å². The van der Waals surface area contributed by atoms with Gasteiger partial charge in [-0.3, -0.25) is 14.9 Å². The lowest BCUT2D eigenvalue weighted by Crippen LogP contribution is -2.15. The zero-order chi connectivity index (χ0) is 23.3. The first-order valence-electron chi connectivity index (χ1n) is 10.7. The van der Waals surface area contributed by atoms with E-state index in [9.17, 15) is 9.59 Å². The van der Waals surface area contributed by atoms with Crippen molar-refractivity contribution in [1.29, 1.82) is 0 Å². The monoisotopic (exact) mass is 464 g/mol. The molecule has 4 aromatic carbocycles. The molecule has 5 aromatic rings. The van der Waals surface area contributed by atoms with Crippen molar-refractivity contribution in [2.24, 2.45) is 0 Å². The van der Waals surface area contributed by atoms with Gasteiger partial charge in [-0.15, -0.1) is 10.2 Å². The van der Waals surface area contributed by atoms with Gasteiger partial charge in [0.05, 0.1) is 6.42 Å². The fourth-order valence-electron chi connectivity index (χ4n) is 3.67. The molecule has 0 saturated heterocycles. The van der Waals surface area contributed by atoms with Crippen molar-refractivity contribution >= 4 is 44.7 Å². The zero-order valence-electron chi connectivity index (χ0n) is 18.1. The fourth-order valence-corrected chi connectivity index (χ4v) is 4.41. The van der Waals surface area contributed by atoms with Crippen molar-refractivity contribution in [3.05, 3.63) is 108 Å². The summed E-state index contributed by atoms with van der Waals surface area (Å²) in [5.74, 6) is -0.403. The first kappa shape index (κ1) is 21.5. The Morgan fingerprint density at radius 2 is 1.47 bits per heavy atom. The molecule has 0 aliphatic carbocycles. The van der Waals surface area contributed by atoms with Crippen molar-refractivity contribution in [1.82, 2.24) is 10.2 Å². The van der Waals surface area contributed by atoms with E-state index in [1.807, 2.05) is 72.8 Å². The van der Waals surface area contributed by atoms with Crippen LogP contribution in [-0.2, 0) is 11.2 Å². The van der Waals surface area contributed by atoms with Gasteiger partial charge in [-0.25, -0.2) is 0 Å². The Kier molecular flexibility index (Phi) is 6.09. The Morgan fingerprint density at radius 3 is 2.29 bits per heavy atom. The highest BCUT2D eigenvalue weighted by Crippen LogP contribution is 2.26. The van der Waals surface area contributed by atoms with E-state index in [1.54, 1.807) is 24.3 Å². The minimum Gasteiger partial charge on any atom is -0.326 e. The highest BCUT2D eigenvalue weighted by atomic mass is 32.1. The van der Waals surface area contributed by atoms with Crippen LogP contribution in [0.15, 0.2) is 97.1 Å². The molecule has 0 atom stereocenters. The number of anilines is 2. The molecule has 0 saturated carbocycles. The predicted molar refractivity (Wildman–Crippen MR) is 136 cm³/mol. The summed E-state index contributed by atoms with van der Waals surface area (Å²) in [6.07, 6.45) is 0.268. The number of hydrogen-bond acceptors (Lipinski definition) is 5. The Bertz CT molecular complexity index is 1460. The summed E-state index contributed by atoms with van der Waals surface area (Å²) in [4.78, 5) is 25.2. The Morgan fingerprint density at radius 1 is 0.735 bits per heavy atom. The second-order valence-corrected chi connectivity index (χ2v) is 8.65. The fraction of sp³-hybridized carbons (Fsp3) is 0.0370. The summed E-state index contributed by atoms with van der Waals surface area (Å²) in [6.45, 7) is 0. The summed E-state index contributed by atoms with van der Waals surface area (Å²) in [7, 11) is 0. The summed E-state index contributed by atoms with van der Waals surface area (Å²) in [5.41, 5.74) is 3.01. The maximum Gasteiger partial charge on any atom is 0.257 e. The van der Waals surface area contributed by atoms with E-state index in [0.717, 1.165) is 26.9 Å². The molecule has 5 rings (SSSR count). The smallest absolute Gasteiger partial charge is 0.257 e. The molecule has 0 bridgehead atoms. The van der Waals surface area contributed by atoms with Gasteiger partial charge in [-0.2, -0.15) is 0 Å². The molecule has 7 heteroatoms. The minimum atomic E-state index is -0.288. The van der Waals surface area contributed by atoms with Crippen LogP contribution >= 0.6 is 11.3 Å². The summed E-state index contributed by atoms with van der Waals surface area (Å²) in [5, 5.41) is 17.2. The van der Waals surface area contributed by atoms with Crippen LogP contribution in [0.1, 0.15) is 15.9 Å². The molecule has 1 heterocycles. The molecule has 0 spiro atoms. The van der Waals surface area contributed by atoms with Crippen LogP contribution in [0.5, 0.6) is 0 Å². The van der Waals surface area contributed by atoms with Crippen LogP contribution in [0.4, 0.5) is 10.8 Å². The lowest BCUT2D eigenvalue weighted by Gasteiger charge is -2.09. The molecule has 0 aliphatic rings. The van der Waals surface area contributed by atoms with Gasteiger partial charge < -0.3 is 5.32 Å². The van der Waals surface area contributed by atoms with E-state index in [4.69, 9.17) is 0 Å². The minimum absolute atomic E-state index is 0.115. The second-order valence-electron chi connectivity index (χ2n) is 7.67. The maximum absolute atomic E-state index is 12.6. The van der Waals surface area contributed by atoms with Gasteiger partial charge in [0.15, 0.2) is 0 Å². The van der Waals surface area contributed by atoms with Gasteiger partial charge in [-0.05, 0) is 40.6 Å². The highest BCUT2D eigenvalue weighted by molar-refractivity contribution is 7.18. The molecule has 0 radical (unpaired) electrons. The number of carbonyl (C=O) groups excluding carboxylic acids is 2. The normalized spacial score (nSPS) is 10.7. The van der Waals surface area contributed by atoms with Gasteiger partial charge >= 0.3 is 0 Å². The molecule has 0 fully saturated rings. The van der Waals surface area contributed by atoms with Crippen molar-refractivity contribution in [2.45, 2.75) is 6.42 Å². The quantitative estimate of drug-likeness (QED) is 0.333. The third-order valence-corrected chi connectivity index (χ3v) is 6.22. The Labute approximate surface area is 200 Å². The number of nitrogens with one attached hydrogen (secondary N) is 2. The van der Waals surface area contributed by atoms with E-state index in [0.29, 0.717) is 16.4 Å². The average molecular weight is 465 g/mol. The number of carbonyl (C=O) groups is 2. The van der Waals surface area contributed by atoms with Crippen LogP contribution < -0.4 is 10.6 Å². The highest BCUT2D eigenvalue weighted by Gasteiger charge is 2.12. The van der Waals surface area contributed by atoms with Crippen LogP contribution in [-0.4, -0.2) is 22.0 Å². The first-order chi connectivity index (χ1) is 16.7.